The van der Waals surface area contributed by atoms with E-state index in [0.29, 0.717) is 16.5 Å². The lowest BCUT2D eigenvalue weighted by Crippen LogP contribution is -2.07. The van der Waals surface area contributed by atoms with E-state index in [1.54, 1.807) is 24.3 Å². The second kappa shape index (κ2) is 6.53. The van der Waals surface area contributed by atoms with E-state index in [4.69, 9.17) is 29.9 Å². The third-order valence-corrected chi connectivity index (χ3v) is 3.14. The molecule has 1 aromatic carbocycles. The molecule has 0 amide bonds. The number of carbonyl (C=O) groups is 1. The quantitative estimate of drug-likeness (QED) is 0.661. The second-order valence-electron chi connectivity index (χ2n) is 4.40. The number of esters is 1. The minimum atomic E-state index is -0.609. The second-order valence-corrected chi connectivity index (χ2v) is 4.84. The van der Waals surface area contributed by atoms with Crippen molar-refractivity contribution in [3.63, 3.8) is 0 Å². The predicted octanol–water partition coefficient (Wildman–Crippen LogP) is 3.35. The van der Waals surface area contributed by atoms with Gasteiger partial charge in [0.05, 0.1) is 13.4 Å². The minimum Gasteiger partial charge on any atom is -0.496 e. The maximum absolute atomic E-state index is 12.1. The number of benzene rings is 1. The molecule has 0 saturated heterocycles. The molecular weight excluding hydrogens is 324 g/mol. The molecule has 7 nitrogen and oxygen atoms in total. The molecule has 0 fully saturated rings. The van der Waals surface area contributed by atoms with Crippen molar-refractivity contribution in [2.45, 2.75) is 6.61 Å². The molecule has 2 heterocycles. The molecule has 0 unspecified atom stereocenters. The summed E-state index contributed by atoms with van der Waals surface area (Å²) in [5.41, 5.74) is 0.214. The molecular formula is C15H11ClN2O5. The minimum absolute atomic E-state index is 0.144. The molecule has 0 spiro atoms. The Labute approximate surface area is 135 Å². The van der Waals surface area contributed by atoms with Crippen molar-refractivity contribution < 1.29 is 23.1 Å². The maximum Gasteiger partial charge on any atom is 0.342 e. The molecule has 118 valence electrons. The first kappa shape index (κ1) is 15.1. The van der Waals surface area contributed by atoms with Crippen LogP contribution in [0.4, 0.5) is 0 Å². The molecule has 0 aliphatic heterocycles. The van der Waals surface area contributed by atoms with Crippen LogP contribution in [0.2, 0.25) is 5.02 Å². The van der Waals surface area contributed by atoms with Crippen LogP contribution < -0.4 is 4.74 Å². The van der Waals surface area contributed by atoms with E-state index in [1.807, 2.05) is 0 Å². The average molecular weight is 335 g/mol. The van der Waals surface area contributed by atoms with Crippen molar-refractivity contribution in [3.8, 4) is 17.4 Å². The van der Waals surface area contributed by atoms with Crippen molar-refractivity contribution in [1.82, 2.24) is 10.2 Å². The summed E-state index contributed by atoms with van der Waals surface area (Å²) in [6.45, 7) is -0.178. The van der Waals surface area contributed by atoms with Gasteiger partial charge in [-0.1, -0.05) is 11.6 Å². The monoisotopic (exact) mass is 334 g/mol. The van der Waals surface area contributed by atoms with E-state index in [2.05, 4.69) is 10.2 Å². The highest BCUT2D eigenvalue weighted by molar-refractivity contribution is 6.31. The number of nitrogens with zero attached hydrogens (tertiary/aromatic N) is 2. The molecule has 0 atom stereocenters. The number of hydrogen-bond donors (Lipinski definition) is 0. The van der Waals surface area contributed by atoms with Crippen LogP contribution >= 0.6 is 11.6 Å². The lowest BCUT2D eigenvalue weighted by atomic mass is 10.2. The summed E-state index contributed by atoms with van der Waals surface area (Å²) in [4.78, 5) is 12.1. The van der Waals surface area contributed by atoms with E-state index in [-0.39, 0.29) is 24.0 Å². The Kier molecular flexibility index (Phi) is 4.29. The summed E-state index contributed by atoms with van der Waals surface area (Å²) in [6, 6.07) is 8.04. The van der Waals surface area contributed by atoms with Gasteiger partial charge in [0.15, 0.2) is 12.4 Å². The summed E-state index contributed by atoms with van der Waals surface area (Å²) in [5, 5.41) is 8.00. The van der Waals surface area contributed by atoms with E-state index in [1.165, 1.54) is 19.4 Å². The van der Waals surface area contributed by atoms with Crippen LogP contribution in [0.5, 0.6) is 5.75 Å². The molecule has 0 N–H and O–H groups in total. The topological polar surface area (TPSA) is 87.6 Å². The Hall–Kier alpha value is -2.80. The highest BCUT2D eigenvalue weighted by Gasteiger charge is 2.17. The number of aromatic nitrogens is 2. The Morgan fingerprint density at radius 2 is 2.17 bits per heavy atom. The Morgan fingerprint density at radius 3 is 2.91 bits per heavy atom. The van der Waals surface area contributed by atoms with Crippen LogP contribution in [0.25, 0.3) is 11.7 Å². The number of furan rings is 1. The standard InChI is InChI=1S/C15H11ClN2O5/c1-20-11-5-4-9(16)7-10(11)15(19)22-8-13-17-18-14(23-13)12-3-2-6-21-12/h2-7H,8H2,1H3. The van der Waals surface area contributed by atoms with Gasteiger partial charge in [-0.25, -0.2) is 4.79 Å². The SMILES string of the molecule is COc1ccc(Cl)cc1C(=O)OCc1nnc(-c2ccco2)o1. The number of rotatable bonds is 5. The summed E-state index contributed by atoms with van der Waals surface area (Å²) >= 11 is 5.88. The van der Waals surface area contributed by atoms with Gasteiger partial charge >= 0.3 is 5.97 Å². The first-order chi connectivity index (χ1) is 11.2. The molecule has 3 aromatic rings. The number of carbonyl (C=O) groups excluding carboxylic acids is 1. The first-order valence-electron chi connectivity index (χ1n) is 6.54. The van der Waals surface area contributed by atoms with Crippen LogP contribution in [0.15, 0.2) is 45.4 Å². The summed E-state index contributed by atoms with van der Waals surface area (Å²) < 4.78 is 20.7. The molecule has 0 aliphatic carbocycles. The fraction of sp³-hybridized carbons (Fsp3) is 0.133. The Balaban J connectivity index is 1.69. The third kappa shape index (κ3) is 3.35. The van der Waals surface area contributed by atoms with Gasteiger partial charge in [-0.3, -0.25) is 0 Å². The number of methoxy groups -OCH3 is 1. The van der Waals surface area contributed by atoms with Gasteiger partial charge in [-0.15, -0.1) is 10.2 Å². The van der Waals surface area contributed by atoms with Crippen LogP contribution in [0.1, 0.15) is 16.2 Å². The number of hydrogen-bond acceptors (Lipinski definition) is 7. The lowest BCUT2D eigenvalue weighted by Gasteiger charge is -2.07. The molecule has 0 radical (unpaired) electrons. The summed E-state index contributed by atoms with van der Waals surface area (Å²) in [5.74, 6) is 0.544. The average Bonchev–Trinajstić information content (AvgIpc) is 3.23. The van der Waals surface area contributed by atoms with Gasteiger partial charge in [0, 0.05) is 5.02 Å². The van der Waals surface area contributed by atoms with Crippen LogP contribution in [-0.2, 0) is 11.3 Å². The zero-order chi connectivity index (χ0) is 16.2. The van der Waals surface area contributed by atoms with Gasteiger partial charge in [0.1, 0.15) is 11.3 Å². The zero-order valence-electron chi connectivity index (χ0n) is 12.0. The van der Waals surface area contributed by atoms with Gasteiger partial charge < -0.3 is 18.3 Å². The smallest absolute Gasteiger partial charge is 0.342 e. The van der Waals surface area contributed by atoms with Crippen molar-refractivity contribution in [2.75, 3.05) is 7.11 Å². The number of ether oxygens (including phenoxy) is 2. The molecule has 0 aliphatic rings. The van der Waals surface area contributed by atoms with Crippen LogP contribution in [-0.4, -0.2) is 23.3 Å². The van der Waals surface area contributed by atoms with Crippen molar-refractivity contribution >= 4 is 17.6 Å². The van der Waals surface area contributed by atoms with E-state index in [0.717, 1.165) is 0 Å². The van der Waals surface area contributed by atoms with E-state index in [9.17, 15) is 4.79 Å². The van der Waals surface area contributed by atoms with Gasteiger partial charge in [-0.05, 0) is 30.3 Å². The van der Waals surface area contributed by atoms with Crippen molar-refractivity contribution in [2.24, 2.45) is 0 Å². The molecule has 3 rings (SSSR count). The molecule has 0 saturated carbocycles. The maximum atomic E-state index is 12.1. The molecule has 0 bridgehead atoms. The molecule has 8 heteroatoms. The highest BCUT2D eigenvalue weighted by atomic mass is 35.5. The Morgan fingerprint density at radius 1 is 1.30 bits per heavy atom. The Bertz CT molecular complexity index is 813. The molecule has 23 heavy (non-hydrogen) atoms. The third-order valence-electron chi connectivity index (χ3n) is 2.91. The summed E-state index contributed by atoms with van der Waals surface area (Å²) in [6.07, 6.45) is 1.49. The fourth-order valence-corrected chi connectivity index (χ4v) is 2.03. The van der Waals surface area contributed by atoms with Gasteiger partial charge in [-0.2, -0.15) is 0 Å². The van der Waals surface area contributed by atoms with Crippen molar-refractivity contribution in [1.29, 1.82) is 0 Å². The van der Waals surface area contributed by atoms with Crippen LogP contribution in [0, 0.1) is 0 Å². The zero-order valence-corrected chi connectivity index (χ0v) is 12.7. The van der Waals surface area contributed by atoms with Crippen LogP contribution in [0.3, 0.4) is 0 Å². The fourth-order valence-electron chi connectivity index (χ4n) is 1.86. The van der Waals surface area contributed by atoms with Gasteiger partial charge in [0.25, 0.3) is 11.8 Å². The summed E-state index contributed by atoms with van der Waals surface area (Å²) in [7, 11) is 1.45. The lowest BCUT2D eigenvalue weighted by molar-refractivity contribution is 0.0435. The normalized spacial score (nSPS) is 10.5. The van der Waals surface area contributed by atoms with Crippen molar-refractivity contribution in [3.05, 3.63) is 53.1 Å². The van der Waals surface area contributed by atoms with E-state index >= 15 is 0 Å². The first-order valence-corrected chi connectivity index (χ1v) is 6.92. The van der Waals surface area contributed by atoms with E-state index < -0.39 is 5.97 Å². The predicted molar refractivity (Wildman–Crippen MR) is 79.1 cm³/mol. The van der Waals surface area contributed by atoms with Gasteiger partial charge in [0.2, 0.25) is 0 Å². The largest absolute Gasteiger partial charge is 0.496 e. The number of halogens is 1. The molecule has 2 aromatic heterocycles. The highest BCUT2D eigenvalue weighted by Crippen LogP contribution is 2.24.